The van der Waals surface area contributed by atoms with Crippen molar-refractivity contribution >= 4 is 38.8 Å². The Morgan fingerprint density at radius 1 is 0.462 bits per heavy atom. The van der Waals surface area contributed by atoms with Gasteiger partial charge in [0.2, 0.25) is 0 Å². The van der Waals surface area contributed by atoms with Crippen LogP contribution in [-0.2, 0) is 9.22 Å². The van der Waals surface area contributed by atoms with Crippen LogP contribution in [-0.4, -0.2) is 110 Å². The summed E-state index contributed by atoms with van der Waals surface area (Å²) in [6.45, 7) is 22.9. The first kappa shape index (κ1) is 47.3. The zero-order valence-electron chi connectivity index (χ0n) is 28.1. The van der Waals surface area contributed by atoms with Crippen LogP contribution in [0.25, 0.3) is 0 Å². The van der Waals surface area contributed by atoms with Gasteiger partial charge in [-0.3, -0.25) is 0 Å². The van der Waals surface area contributed by atoms with Crippen molar-refractivity contribution in [2.75, 3.05) is 62.1 Å². The molecule has 0 aromatic rings. The number of rotatable bonds is 18. The van der Waals surface area contributed by atoms with Crippen molar-refractivity contribution in [1.29, 1.82) is 0 Å². The molecule has 0 rings (SSSR count). The van der Waals surface area contributed by atoms with Crippen LogP contribution < -0.4 is 0 Å². The molecule has 6 nitrogen and oxygen atoms in total. The average Bonchev–Trinajstić information content (AvgIpc) is 2.74. The third kappa shape index (κ3) is 16.1. The summed E-state index contributed by atoms with van der Waals surface area (Å²) in [5, 5.41) is 0. The SMILES string of the molecule is C.C.CCCCC[O][Sn]([O]CCCCC)([O]CCCCC)[C](C)(C)C.C[N](C)[Sn]([N](C)C)([N](C)C)[C](C)(C)C. The molecule has 0 heterocycles. The van der Waals surface area contributed by atoms with Gasteiger partial charge in [0.15, 0.2) is 0 Å². The summed E-state index contributed by atoms with van der Waals surface area (Å²) < 4.78 is 27.1. The van der Waals surface area contributed by atoms with Gasteiger partial charge in [0, 0.05) is 0 Å². The molecule has 0 aliphatic carbocycles. The quantitative estimate of drug-likeness (QED) is 0.102. The normalized spacial score (nSPS) is 12.8. The molecule has 0 saturated carbocycles. The van der Waals surface area contributed by atoms with Crippen LogP contribution in [0.2, 0.25) is 6.86 Å². The van der Waals surface area contributed by atoms with Gasteiger partial charge in [-0.2, -0.15) is 0 Å². The molecule has 0 radical (unpaired) electrons. The van der Waals surface area contributed by atoms with E-state index in [0.717, 1.165) is 39.1 Å². The number of hydrogen-bond donors (Lipinski definition) is 0. The molecule has 0 N–H and O–H groups in total. The Morgan fingerprint density at radius 2 is 0.718 bits per heavy atom. The molecule has 0 aromatic carbocycles. The summed E-state index contributed by atoms with van der Waals surface area (Å²) >= 11 is -6.12. The van der Waals surface area contributed by atoms with Gasteiger partial charge in [-0.1, -0.05) is 14.9 Å². The molecule has 242 valence electrons. The van der Waals surface area contributed by atoms with Crippen LogP contribution in [0.3, 0.4) is 0 Å². The van der Waals surface area contributed by atoms with E-state index in [-0.39, 0.29) is 18.3 Å². The first-order chi connectivity index (χ1) is 17.0. The van der Waals surface area contributed by atoms with Gasteiger partial charge < -0.3 is 0 Å². The van der Waals surface area contributed by atoms with Crippen molar-refractivity contribution in [2.24, 2.45) is 0 Å². The Hall–Kier alpha value is 1.36. The molecule has 39 heavy (non-hydrogen) atoms. The average molecular weight is 777 g/mol. The molecule has 0 aromatic heterocycles. The molecule has 0 saturated heterocycles. The summed E-state index contributed by atoms with van der Waals surface area (Å²) in [7, 11) is 13.3. The molecule has 0 aliphatic rings. The van der Waals surface area contributed by atoms with E-state index >= 15 is 0 Å². The van der Waals surface area contributed by atoms with E-state index in [1.54, 1.807) is 0 Å². The topological polar surface area (TPSA) is 37.4 Å². The van der Waals surface area contributed by atoms with Crippen molar-refractivity contribution in [3.63, 3.8) is 0 Å². The molecule has 0 spiro atoms. The van der Waals surface area contributed by atoms with Gasteiger partial charge in [-0.05, 0) is 0 Å². The minimum absolute atomic E-state index is 0. The fraction of sp³-hybridized carbons (Fsp3) is 1.00. The zero-order valence-corrected chi connectivity index (χ0v) is 33.8. The standard InChI is InChI=1S/3C5H11O.2C4H9.3C2H6N.2CH4.2Sn/c3*1-2-3-4-5-6;2*1-4(2)3;3*1-3-2;;;;/h3*2-5H2,1H3;2*1-3H3;3*1-2H3;2*1H4;;/q3*-1;;;3*-1;;;2*+3. The minimum atomic E-state index is -3.53. The first-order valence-electron chi connectivity index (χ1n) is 15.0. The van der Waals surface area contributed by atoms with Crippen molar-refractivity contribution < 1.29 is 9.22 Å². The Labute approximate surface area is 259 Å². The van der Waals surface area contributed by atoms with Crippen LogP contribution in [0, 0.1) is 0 Å². The molecule has 0 amide bonds. The number of hydrogen-bond acceptors (Lipinski definition) is 6. The van der Waals surface area contributed by atoms with E-state index < -0.39 is 38.8 Å². The number of nitrogens with zero attached hydrogens (tertiary/aromatic N) is 3. The van der Waals surface area contributed by atoms with Crippen molar-refractivity contribution in [2.45, 2.75) is 142 Å². The summed E-state index contributed by atoms with van der Waals surface area (Å²) in [5.41, 5.74) is 0. The predicted molar refractivity (Wildman–Crippen MR) is 182 cm³/mol. The second-order valence-corrected chi connectivity index (χ2v) is 38.5. The molecular formula is C31H77N3O3Sn2. The third-order valence-electron chi connectivity index (χ3n) is 6.92. The van der Waals surface area contributed by atoms with Gasteiger partial charge >= 0.3 is 246 Å². The summed E-state index contributed by atoms with van der Waals surface area (Å²) in [6, 6.07) is 0. The van der Waals surface area contributed by atoms with E-state index in [2.05, 4.69) is 114 Å². The fourth-order valence-electron chi connectivity index (χ4n) is 5.66. The van der Waals surface area contributed by atoms with Crippen LogP contribution >= 0.6 is 0 Å². The molecule has 0 atom stereocenters. The summed E-state index contributed by atoms with van der Waals surface area (Å²) in [4.78, 5) is 0. The second-order valence-electron chi connectivity index (χ2n) is 13.0. The fourth-order valence-corrected chi connectivity index (χ4v) is 32.0. The van der Waals surface area contributed by atoms with Gasteiger partial charge in [0.1, 0.15) is 0 Å². The Bertz CT molecular complexity index is 495. The third-order valence-corrected chi connectivity index (χ3v) is 33.6. The molecule has 8 heteroatoms. The summed E-state index contributed by atoms with van der Waals surface area (Å²) in [5.74, 6) is 0. The van der Waals surface area contributed by atoms with Crippen LogP contribution in [0.15, 0.2) is 0 Å². The zero-order chi connectivity index (χ0) is 29.3. The van der Waals surface area contributed by atoms with E-state index in [4.69, 9.17) is 9.22 Å². The summed E-state index contributed by atoms with van der Waals surface area (Å²) in [6.07, 6.45) is 10.7. The predicted octanol–water partition coefficient (Wildman–Crippen LogP) is 9.03. The van der Waals surface area contributed by atoms with E-state index in [0.29, 0.717) is 3.43 Å². The van der Waals surface area contributed by atoms with Crippen LogP contribution in [0.4, 0.5) is 0 Å². The second kappa shape index (κ2) is 23.8. The van der Waals surface area contributed by atoms with E-state index in [1.807, 2.05) is 0 Å². The van der Waals surface area contributed by atoms with Gasteiger partial charge in [-0.25, -0.2) is 0 Å². The van der Waals surface area contributed by atoms with Crippen LogP contribution in [0.5, 0.6) is 0 Å². The van der Waals surface area contributed by atoms with Crippen molar-refractivity contribution in [3.8, 4) is 0 Å². The first-order valence-corrected chi connectivity index (χ1v) is 25.1. The molecular weight excluding hydrogens is 700 g/mol. The Morgan fingerprint density at radius 3 is 0.846 bits per heavy atom. The number of unbranched alkanes of at least 4 members (excludes halogenated alkanes) is 6. The maximum absolute atomic E-state index is 6.42. The van der Waals surface area contributed by atoms with Crippen molar-refractivity contribution in [1.82, 2.24) is 9.36 Å². The van der Waals surface area contributed by atoms with Gasteiger partial charge in [-0.15, -0.1) is 0 Å². The molecule has 0 unspecified atom stereocenters. The Kier molecular flexibility index (Phi) is 28.8. The molecule has 0 aliphatic heterocycles. The van der Waals surface area contributed by atoms with Gasteiger partial charge in [0.25, 0.3) is 0 Å². The van der Waals surface area contributed by atoms with Crippen molar-refractivity contribution in [3.05, 3.63) is 0 Å². The Balaban J connectivity index is -0.000000332. The van der Waals surface area contributed by atoms with Gasteiger partial charge in [0.05, 0.1) is 0 Å². The van der Waals surface area contributed by atoms with E-state index in [1.165, 1.54) is 38.5 Å². The molecule has 0 fully saturated rings. The van der Waals surface area contributed by atoms with Crippen LogP contribution in [0.1, 0.15) is 135 Å². The maximum atomic E-state index is 6.42. The molecule has 0 bridgehead atoms. The van der Waals surface area contributed by atoms with E-state index in [9.17, 15) is 0 Å². The monoisotopic (exact) mass is 779 g/mol.